The minimum Gasteiger partial charge on any atom is -0.306 e. The summed E-state index contributed by atoms with van der Waals surface area (Å²) in [6.45, 7) is 4.12. The van der Waals surface area contributed by atoms with Gasteiger partial charge < -0.3 is 4.90 Å². The van der Waals surface area contributed by atoms with Crippen LogP contribution in [0.3, 0.4) is 0 Å². The Labute approximate surface area is 171 Å². The smallest absolute Gasteiger partial charge is 0.230 e. The van der Waals surface area contributed by atoms with Crippen molar-refractivity contribution >= 4 is 34.1 Å². The molecule has 0 unspecified atom stereocenters. The van der Waals surface area contributed by atoms with E-state index in [0.717, 1.165) is 28.7 Å². The van der Waals surface area contributed by atoms with E-state index >= 15 is 0 Å². The normalized spacial score (nSPS) is 11.1. The monoisotopic (exact) mass is 410 g/mol. The molecule has 2 aromatic carbocycles. The van der Waals surface area contributed by atoms with Crippen molar-refractivity contribution in [2.75, 3.05) is 4.90 Å². The van der Waals surface area contributed by atoms with Gasteiger partial charge >= 0.3 is 0 Å². The second kappa shape index (κ2) is 7.72. The van der Waals surface area contributed by atoms with Gasteiger partial charge in [-0.2, -0.15) is 0 Å². The van der Waals surface area contributed by atoms with Crippen molar-refractivity contribution in [3.05, 3.63) is 88.3 Å². The minimum absolute atomic E-state index is 0.00474. The van der Waals surface area contributed by atoms with Crippen molar-refractivity contribution in [1.29, 1.82) is 0 Å². The first-order chi connectivity index (χ1) is 13.9. The van der Waals surface area contributed by atoms with E-state index in [1.165, 1.54) is 12.3 Å². The van der Waals surface area contributed by atoms with Crippen molar-refractivity contribution in [2.24, 2.45) is 0 Å². The first-order valence-corrected chi connectivity index (χ1v) is 9.37. The lowest BCUT2D eigenvalue weighted by atomic mass is 10.1. The standard InChI is InChI=1S/C22H17ClF2N4/c1-13-10-14(2)28-22(27-13)29(17-5-3-4-16(23)11-17)12-15-8-9-26-21-18(15)6-7-19(24)20(21)25/h3-11H,12H2,1-2H3. The number of hydrogen-bond acceptors (Lipinski definition) is 4. The number of fused-ring (bicyclic) bond motifs is 1. The van der Waals surface area contributed by atoms with Crippen LogP contribution in [0.2, 0.25) is 5.02 Å². The molecule has 0 atom stereocenters. The van der Waals surface area contributed by atoms with Crippen molar-refractivity contribution in [3.8, 4) is 0 Å². The molecule has 0 bridgehead atoms. The van der Waals surface area contributed by atoms with E-state index in [1.807, 2.05) is 43.0 Å². The second-order valence-corrected chi connectivity index (χ2v) is 7.18. The Bertz CT molecular complexity index is 1190. The molecule has 0 aliphatic heterocycles. The highest BCUT2D eigenvalue weighted by Crippen LogP contribution is 2.30. The van der Waals surface area contributed by atoms with Crippen LogP contribution in [0.5, 0.6) is 0 Å². The molecule has 0 saturated carbocycles. The van der Waals surface area contributed by atoms with Crippen LogP contribution in [0.25, 0.3) is 10.9 Å². The van der Waals surface area contributed by atoms with Gasteiger partial charge in [0.05, 0.1) is 6.54 Å². The van der Waals surface area contributed by atoms with E-state index < -0.39 is 11.6 Å². The van der Waals surface area contributed by atoms with Crippen molar-refractivity contribution < 1.29 is 8.78 Å². The van der Waals surface area contributed by atoms with Crippen LogP contribution in [0.1, 0.15) is 17.0 Å². The Kier molecular flexibility index (Phi) is 5.11. The molecule has 0 saturated heterocycles. The molecule has 0 amide bonds. The van der Waals surface area contributed by atoms with Gasteiger partial charge in [-0.15, -0.1) is 0 Å². The van der Waals surface area contributed by atoms with E-state index in [0.29, 0.717) is 22.9 Å². The van der Waals surface area contributed by atoms with Gasteiger partial charge in [0, 0.05) is 33.7 Å². The van der Waals surface area contributed by atoms with E-state index in [4.69, 9.17) is 11.6 Å². The highest BCUT2D eigenvalue weighted by atomic mass is 35.5. The highest BCUT2D eigenvalue weighted by Gasteiger charge is 2.18. The lowest BCUT2D eigenvalue weighted by Gasteiger charge is -2.24. The zero-order valence-corrected chi connectivity index (χ0v) is 16.6. The molecule has 0 spiro atoms. The zero-order chi connectivity index (χ0) is 20.5. The first-order valence-electron chi connectivity index (χ1n) is 8.99. The van der Waals surface area contributed by atoms with E-state index in [2.05, 4.69) is 15.0 Å². The van der Waals surface area contributed by atoms with E-state index in [9.17, 15) is 8.78 Å². The molecule has 2 heterocycles. The largest absolute Gasteiger partial charge is 0.306 e. The summed E-state index contributed by atoms with van der Waals surface area (Å²) in [5.74, 6) is -1.38. The summed E-state index contributed by atoms with van der Waals surface area (Å²) < 4.78 is 27.9. The molecule has 0 fully saturated rings. The van der Waals surface area contributed by atoms with Gasteiger partial charge in [0.2, 0.25) is 5.95 Å². The van der Waals surface area contributed by atoms with Gasteiger partial charge in [-0.25, -0.2) is 18.7 Å². The number of hydrogen-bond donors (Lipinski definition) is 0. The minimum atomic E-state index is -0.957. The molecule has 4 rings (SSSR count). The number of aromatic nitrogens is 3. The second-order valence-electron chi connectivity index (χ2n) is 6.74. The van der Waals surface area contributed by atoms with Crippen LogP contribution in [0, 0.1) is 25.5 Å². The quantitative estimate of drug-likeness (QED) is 0.419. The number of benzene rings is 2. The van der Waals surface area contributed by atoms with Gasteiger partial charge in [0.1, 0.15) is 5.52 Å². The molecule has 0 aliphatic rings. The molecule has 146 valence electrons. The predicted molar refractivity (Wildman–Crippen MR) is 110 cm³/mol. The molecule has 2 aromatic heterocycles. The fourth-order valence-corrected chi connectivity index (χ4v) is 3.46. The highest BCUT2D eigenvalue weighted by molar-refractivity contribution is 6.30. The van der Waals surface area contributed by atoms with Gasteiger partial charge in [0.15, 0.2) is 11.6 Å². The van der Waals surface area contributed by atoms with Crippen LogP contribution >= 0.6 is 11.6 Å². The van der Waals surface area contributed by atoms with Gasteiger partial charge in [-0.1, -0.05) is 17.7 Å². The van der Waals surface area contributed by atoms with Gasteiger partial charge in [-0.3, -0.25) is 4.98 Å². The Hall–Kier alpha value is -3.12. The Balaban J connectivity index is 1.87. The summed E-state index contributed by atoms with van der Waals surface area (Å²) >= 11 is 6.21. The summed E-state index contributed by atoms with van der Waals surface area (Å²) in [6, 6.07) is 13.6. The summed E-state index contributed by atoms with van der Waals surface area (Å²) in [5.41, 5.74) is 3.20. The fraction of sp³-hybridized carbons (Fsp3) is 0.136. The topological polar surface area (TPSA) is 41.9 Å². The number of halogens is 3. The Morgan fingerprint density at radius 3 is 2.45 bits per heavy atom. The third kappa shape index (κ3) is 3.89. The third-order valence-electron chi connectivity index (χ3n) is 4.55. The maximum absolute atomic E-state index is 14.2. The average molecular weight is 411 g/mol. The van der Waals surface area contributed by atoms with Crippen LogP contribution in [0.4, 0.5) is 20.4 Å². The summed E-state index contributed by atoms with van der Waals surface area (Å²) in [4.78, 5) is 15.0. The van der Waals surface area contributed by atoms with Gasteiger partial charge in [-0.05, 0) is 61.9 Å². The van der Waals surface area contributed by atoms with Crippen molar-refractivity contribution in [1.82, 2.24) is 15.0 Å². The predicted octanol–water partition coefficient (Wildman–Crippen LogP) is 5.91. The number of aryl methyl sites for hydroxylation is 2. The molecule has 4 nitrogen and oxygen atoms in total. The van der Waals surface area contributed by atoms with Crippen molar-refractivity contribution in [3.63, 3.8) is 0 Å². The molecule has 4 aromatic rings. The summed E-state index contributed by atoms with van der Waals surface area (Å²) in [7, 11) is 0. The van der Waals surface area contributed by atoms with Crippen LogP contribution in [0.15, 0.2) is 54.7 Å². The average Bonchev–Trinajstić information content (AvgIpc) is 2.68. The number of rotatable bonds is 4. The Morgan fingerprint density at radius 1 is 0.966 bits per heavy atom. The van der Waals surface area contributed by atoms with Crippen LogP contribution < -0.4 is 4.90 Å². The molecule has 0 N–H and O–H groups in total. The number of anilines is 2. The van der Waals surface area contributed by atoms with E-state index in [1.54, 1.807) is 12.1 Å². The lowest BCUT2D eigenvalue weighted by Crippen LogP contribution is -2.20. The Morgan fingerprint density at radius 2 is 1.72 bits per heavy atom. The molecule has 0 radical (unpaired) electrons. The number of nitrogens with zero attached hydrogens (tertiary/aromatic N) is 4. The van der Waals surface area contributed by atoms with Crippen molar-refractivity contribution in [2.45, 2.75) is 20.4 Å². The lowest BCUT2D eigenvalue weighted by molar-refractivity contribution is 0.515. The summed E-state index contributed by atoms with van der Waals surface area (Å²) in [6.07, 6.45) is 1.47. The zero-order valence-electron chi connectivity index (χ0n) is 15.8. The third-order valence-corrected chi connectivity index (χ3v) is 4.79. The fourth-order valence-electron chi connectivity index (χ4n) is 3.27. The first kappa shape index (κ1) is 19.2. The van der Waals surface area contributed by atoms with Crippen LogP contribution in [-0.4, -0.2) is 15.0 Å². The maximum atomic E-state index is 14.2. The number of pyridine rings is 1. The van der Waals surface area contributed by atoms with Crippen LogP contribution in [-0.2, 0) is 6.54 Å². The summed E-state index contributed by atoms with van der Waals surface area (Å²) in [5, 5.41) is 1.10. The SMILES string of the molecule is Cc1cc(C)nc(N(Cc2ccnc3c(F)c(F)ccc23)c2cccc(Cl)c2)n1. The molecule has 0 aliphatic carbocycles. The molecule has 7 heteroatoms. The maximum Gasteiger partial charge on any atom is 0.230 e. The molecular formula is C22H17ClF2N4. The van der Waals surface area contributed by atoms with Gasteiger partial charge in [0.25, 0.3) is 0 Å². The molecule has 29 heavy (non-hydrogen) atoms. The molecular weight excluding hydrogens is 394 g/mol. The van der Waals surface area contributed by atoms with E-state index in [-0.39, 0.29) is 5.52 Å².